The fourth-order valence-corrected chi connectivity index (χ4v) is 3.60. The minimum Gasteiger partial charge on any atom is -0.292 e. The number of nitrogens with one attached hydrogen (secondary N) is 1. The summed E-state index contributed by atoms with van der Waals surface area (Å²) < 4.78 is 4.90. The van der Waals surface area contributed by atoms with Gasteiger partial charge in [-0.15, -0.1) is 0 Å². The highest BCUT2D eigenvalue weighted by Crippen LogP contribution is 2.33. The van der Waals surface area contributed by atoms with Crippen molar-refractivity contribution in [2.24, 2.45) is 0 Å². The van der Waals surface area contributed by atoms with Crippen molar-refractivity contribution >= 4 is 23.3 Å². The van der Waals surface area contributed by atoms with Gasteiger partial charge in [-0.2, -0.15) is 9.64 Å². The summed E-state index contributed by atoms with van der Waals surface area (Å²) >= 11 is 2.95. The van der Waals surface area contributed by atoms with Crippen molar-refractivity contribution in [3.05, 3.63) is 42.2 Å². The van der Waals surface area contributed by atoms with Crippen molar-refractivity contribution < 1.29 is 0 Å². The van der Waals surface area contributed by atoms with E-state index < -0.39 is 5.54 Å². The molecule has 1 aliphatic rings. The highest BCUT2D eigenvalue weighted by molar-refractivity contribution is 8.01. The van der Waals surface area contributed by atoms with Gasteiger partial charge in [-0.3, -0.25) is 5.32 Å². The molecule has 1 unspecified atom stereocenters. The van der Waals surface area contributed by atoms with Crippen molar-refractivity contribution in [1.29, 1.82) is 5.26 Å². The average Bonchev–Trinajstić information content (AvgIpc) is 3.16. The van der Waals surface area contributed by atoms with Crippen LogP contribution in [0.1, 0.15) is 18.4 Å². The molecule has 1 aromatic heterocycles. The second-order valence-corrected chi connectivity index (χ2v) is 6.80. The van der Waals surface area contributed by atoms with Gasteiger partial charge in [0.1, 0.15) is 11.9 Å². The molecule has 3 rings (SSSR count). The predicted octanol–water partition coefficient (Wildman–Crippen LogP) is 2.80. The summed E-state index contributed by atoms with van der Waals surface area (Å²) in [5, 5.41) is 13.3. The maximum atomic E-state index is 9.78. The van der Waals surface area contributed by atoms with Crippen LogP contribution in [0.2, 0.25) is 0 Å². The van der Waals surface area contributed by atoms with Crippen LogP contribution in [0.15, 0.2) is 41.0 Å². The molecule has 20 heavy (non-hydrogen) atoms. The van der Waals surface area contributed by atoms with Crippen LogP contribution in [0, 0.1) is 11.3 Å². The third kappa shape index (κ3) is 3.01. The molecule has 0 spiro atoms. The fraction of sp³-hybridized carbons (Fsp3) is 0.357. The van der Waals surface area contributed by atoms with Crippen LogP contribution in [-0.4, -0.2) is 21.2 Å². The van der Waals surface area contributed by atoms with E-state index in [9.17, 15) is 5.26 Å². The van der Waals surface area contributed by atoms with Gasteiger partial charge in [-0.1, -0.05) is 42.1 Å². The number of rotatable bonds is 6. The van der Waals surface area contributed by atoms with Gasteiger partial charge in [0.15, 0.2) is 4.34 Å². The number of nitriles is 1. The first kappa shape index (κ1) is 13.6. The molecule has 6 heteroatoms. The lowest BCUT2D eigenvalue weighted by Gasteiger charge is -2.28. The molecular formula is C14H14N4S2. The molecular weight excluding hydrogens is 288 g/mol. The molecule has 1 aromatic carbocycles. The molecule has 0 bridgehead atoms. The van der Waals surface area contributed by atoms with Gasteiger partial charge >= 0.3 is 0 Å². The summed E-state index contributed by atoms with van der Waals surface area (Å²) in [5.74, 6) is 0.638. The molecule has 0 radical (unpaired) electrons. The van der Waals surface area contributed by atoms with E-state index >= 15 is 0 Å². The predicted molar refractivity (Wildman–Crippen MR) is 80.5 cm³/mol. The zero-order chi connectivity index (χ0) is 13.8. The van der Waals surface area contributed by atoms with Gasteiger partial charge in [0.25, 0.3) is 0 Å². The highest BCUT2D eigenvalue weighted by atomic mass is 32.2. The van der Waals surface area contributed by atoms with Gasteiger partial charge in [0.2, 0.25) is 0 Å². The van der Waals surface area contributed by atoms with E-state index in [1.54, 1.807) is 18.1 Å². The van der Waals surface area contributed by atoms with Crippen LogP contribution in [0.25, 0.3) is 0 Å². The lowest BCUT2D eigenvalue weighted by atomic mass is 9.93. The summed E-state index contributed by atoms with van der Waals surface area (Å²) in [6.45, 7) is 0. The Labute approximate surface area is 126 Å². The Morgan fingerprint density at radius 3 is 2.80 bits per heavy atom. The van der Waals surface area contributed by atoms with Crippen molar-refractivity contribution in [3.8, 4) is 6.07 Å². The topological polar surface area (TPSA) is 61.6 Å². The summed E-state index contributed by atoms with van der Waals surface area (Å²) in [5.41, 5.74) is 0.366. The molecule has 1 aliphatic carbocycles. The molecule has 1 saturated carbocycles. The molecule has 0 aliphatic heterocycles. The van der Waals surface area contributed by atoms with E-state index in [1.165, 1.54) is 11.5 Å². The number of nitrogens with zero attached hydrogens (tertiary/aromatic N) is 3. The molecule has 0 saturated heterocycles. The van der Waals surface area contributed by atoms with Gasteiger partial charge in [-0.25, -0.2) is 4.98 Å². The maximum Gasteiger partial charge on any atom is 0.169 e. The smallest absolute Gasteiger partial charge is 0.169 e. The van der Waals surface area contributed by atoms with Crippen molar-refractivity contribution in [3.63, 3.8) is 0 Å². The SMILES string of the molecule is N#CC(CSc1ncns1)(NC1CC1)c1ccccc1. The first-order valence-corrected chi connectivity index (χ1v) is 8.22. The van der Waals surface area contributed by atoms with Crippen LogP contribution in [0.3, 0.4) is 0 Å². The zero-order valence-corrected chi connectivity index (χ0v) is 12.5. The first-order valence-electron chi connectivity index (χ1n) is 6.46. The minimum atomic E-state index is -0.654. The standard InChI is InChI=1S/C14H14N4S2/c15-8-14(18-12-6-7-12,11-4-2-1-3-5-11)9-19-13-16-10-17-20-13/h1-5,10,12,18H,6-7,9H2. The number of aromatic nitrogens is 2. The molecule has 1 N–H and O–H groups in total. The van der Waals surface area contributed by atoms with Gasteiger partial charge in [-0.05, 0) is 29.9 Å². The van der Waals surface area contributed by atoms with E-state index in [2.05, 4.69) is 20.7 Å². The third-order valence-corrected chi connectivity index (χ3v) is 5.21. The molecule has 1 atom stereocenters. The van der Waals surface area contributed by atoms with Gasteiger partial charge in [0, 0.05) is 11.8 Å². The molecule has 1 heterocycles. The Kier molecular flexibility index (Phi) is 4.01. The zero-order valence-electron chi connectivity index (χ0n) is 10.8. The Hall–Kier alpha value is -1.42. The van der Waals surface area contributed by atoms with Crippen LogP contribution in [-0.2, 0) is 5.54 Å². The minimum absolute atomic E-state index is 0.463. The Balaban J connectivity index is 1.83. The fourth-order valence-electron chi connectivity index (χ4n) is 2.03. The normalized spacial score (nSPS) is 17.4. The van der Waals surface area contributed by atoms with E-state index in [0.717, 1.165) is 22.7 Å². The number of thioether (sulfide) groups is 1. The Morgan fingerprint density at radius 1 is 1.40 bits per heavy atom. The quantitative estimate of drug-likeness (QED) is 0.831. The molecule has 0 amide bonds. The molecule has 2 aromatic rings. The lowest BCUT2D eigenvalue weighted by molar-refractivity contribution is 0.470. The summed E-state index contributed by atoms with van der Waals surface area (Å²) in [4.78, 5) is 4.18. The van der Waals surface area contributed by atoms with Crippen molar-refractivity contribution in [1.82, 2.24) is 14.7 Å². The van der Waals surface area contributed by atoms with Crippen LogP contribution >= 0.6 is 23.3 Å². The van der Waals surface area contributed by atoms with Crippen LogP contribution in [0.5, 0.6) is 0 Å². The highest BCUT2D eigenvalue weighted by Gasteiger charge is 2.38. The largest absolute Gasteiger partial charge is 0.292 e. The second-order valence-electron chi connectivity index (χ2n) is 4.80. The van der Waals surface area contributed by atoms with E-state index in [0.29, 0.717) is 11.8 Å². The molecule has 4 nitrogen and oxygen atoms in total. The number of hydrogen-bond donors (Lipinski definition) is 1. The Bertz CT molecular complexity index is 589. The maximum absolute atomic E-state index is 9.78. The summed E-state index contributed by atoms with van der Waals surface area (Å²) in [7, 11) is 0. The third-order valence-electron chi connectivity index (χ3n) is 3.24. The van der Waals surface area contributed by atoms with E-state index in [1.807, 2.05) is 30.3 Å². The first-order chi connectivity index (χ1) is 9.82. The molecule has 1 fully saturated rings. The van der Waals surface area contributed by atoms with Crippen LogP contribution < -0.4 is 5.32 Å². The monoisotopic (exact) mass is 302 g/mol. The molecule has 102 valence electrons. The van der Waals surface area contributed by atoms with Gasteiger partial charge < -0.3 is 0 Å². The summed E-state index contributed by atoms with van der Waals surface area (Å²) in [6.07, 6.45) is 3.86. The number of benzene rings is 1. The summed E-state index contributed by atoms with van der Waals surface area (Å²) in [6, 6.07) is 12.9. The number of hydrogen-bond acceptors (Lipinski definition) is 6. The average molecular weight is 302 g/mol. The Morgan fingerprint density at radius 2 is 2.20 bits per heavy atom. The van der Waals surface area contributed by atoms with E-state index in [-0.39, 0.29) is 0 Å². The van der Waals surface area contributed by atoms with Crippen molar-refractivity contribution in [2.45, 2.75) is 28.8 Å². The van der Waals surface area contributed by atoms with E-state index in [4.69, 9.17) is 0 Å². The van der Waals surface area contributed by atoms with Gasteiger partial charge in [0.05, 0.1) is 6.07 Å². The van der Waals surface area contributed by atoms with Crippen LogP contribution in [0.4, 0.5) is 0 Å². The lowest BCUT2D eigenvalue weighted by Crippen LogP contribution is -2.44. The second kappa shape index (κ2) is 5.92. The van der Waals surface area contributed by atoms with Crippen molar-refractivity contribution in [2.75, 3.05) is 5.75 Å².